The van der Waals surface area contributed by atoms with Crippen LogP contribution in [0.5, 0.6) is 5.75 Å². The third-order valence-electron chi connectivity index (χ3n) is 6.66. The van der Waals surface area contributed by atoms with E-state index in [1.807, 2.05) is 0 Å². The van der Waals surface area contributed by atoms with Gasteiger partial charge in [-0.15, -0.1) is 0 Å². The third kappa shape index (κ3) is 6.31. The van der Waals surface area contributed by atoms with Crippen LogP contribution in [0.15, 0.2) is 139 Å². The van der Waals surface area contributed by atoms with E-state index < -0.39 is 16.0 Å². The maximum absolute atomic E-state index is 5.47. The van der Waals surface area contributed by atoms with Crippen LogP contribution in [-0.4, -0.2) is 15.2 Å². The number of methoxy groups -OCH3 is 1. The fraction of sp³-hybridized carbons (Fsp3) is 0.111. The highest BCUT2D eigenvalue weighted by Crippen LogP contribution is 2.40. The molecule has 3 heteroatoms. The molecular weight excluding hydrogens is 507 g/mol. The molecule has 0 aliphatic heterocycles. The van der Waals surface area contributed by atoms with E-state index in [9.17, 15) is 0 Å². The van der Waals surface area contributed by atoms with Gasteiger partial charge >= 0.3 is 0 Å². The summed E-state index contributed by atoms with van der Waals surface area (Å²) in [6, 6.07) is 48.3. The average molecular weight is 543 g/mol. The SMILES string of the molecule is COc1ccc(/C(=C\[Si](C)(C)C)c2ccccc2-c2ccccc2P(c2ccccc2)c2ccccc2)cc1. The van der Waals surface area contributed by atoms with Gasteiger partial charge in [0.05, 0.1) is 15.2 Å². The summed E-state index contributed by atoms with van der Waals surface area (Å²) in [7, 11) is -0.579. The van der Waals surface area contributed by atoms with E-state index in [2.05, 4.69) is 159 Å². The molecule has 0 saturated heterocycles. The molecule has 0 aromatic heterocycles. The van der Waals surface area contributed by atoms with Gasteiger partial charge in [-0.25, -0.2) is 0 Å². The van der Waals surface area contributed by atoms with Crippen LogP contribution in [0.1, 0.15) is 11.1 Å². The Labute approximate surface area is 235 Å². The Bertz CT molecular complexity index is 1510. The number of hydrogen-bond acceptors (Lipinski definition) is 1. The van der Waals surface area contributed by atoms with Crippen molar-refractivity contribution in [3.63, 3.8) is 0 Å². The van der Waals surface area contributed by atoms with Crippen molar-refractivity contribution < 1.29 is 4.74 Å². The molecule has 0 spiro atoms. The van der Waals surface area contributed by atoms with Crippen LogP contribution in [0.4, 0.5) is 0 Å². The first-order chi connectivity index (χ1) is 18.9. The highest BCUT2D eigenvalue weighted by Gasteiger charge is 2.23. The molecule has 5 rings (SSSR count). The maximum Gasteiger partial charge on any atom is 0.118 e. The largest absolute Gasteiger partial charge is 0.497 e. The molecule has 5 aromatic carbocycles. The van der Waals surface area contributed by atoms with Gasteiger partial charge in [0, 0.05) is 0 Å². The molecule has 0 amide bonds. The van der Waals surface area contributed by atoms with Gasteiger partial charge in [0.2, 0.25) is 0 Å². The Balaban J connectivity index is 1.73. The van der Waals surface area contributed by atoms with Crippen LogP contribution in [0.2, 0.25) is 19.6 Å². The fourth-order valence-electron chi connectivity index (χ4n) is 4.95. The molecule has 0 bridgehead atoms. The van der Waals surface area contributed by atoms with Gasteiger partial charge in [-0.3, -0.25) is 0 Å². The number of benzene rings is 5. The molecule has 0 saturated carbocycles. The molecule has 5 aromatic rings. The van der Waals surface area contributed by atoms with Crippen molar-refractivity contribution in [1.29, 1.82) is 0 Å². The van der Waals surface area contributed by atoms with Gasteiger partial charge in [-0.05, 0) is 63.8 Å². The molecule has 0 radical (unpaired) electrons. The van der Waals surface area contributed by atoms with Gasteiger partial charge in [0.1, 0.15) is 5.75 Å². The Hall–Kier alpha value is -3.71. The molecule has 1 nitrogen and oxygen atoms in total. The van der Waals surface area contributed by atoms with Crippen LogP contribution in [-0.2, 0) is 0 Å². The lowest BCUT2D eigenvalue weighted by atomic mass is 9.91. The van der Waals surface area contributed by atoms with Crippen molar-refractivity contribution >= 4 is 37.5 Å². The predicted molar refractivity (Wildman–Crippen MR) is 174 cm³/mol. The van der Waals surface area contributed by atoms with Crippen molar-refractivity contribution in [2.24, 2.45) is 0 Å². The maximum atomic E-state index is 5.47. The molecule has 0 heterocycles. The highest BCUT2D eigenvalue weighted by molar-refractivity contribution is 7.80. The van der Waals surface area contributed by atoms with Crippen molar-refractivity contribution in [2.45, 2.75) is 19.6 Å². The molecule has 0 fully saturated rings. The van der Waals surface area contributed by atoms with Crippen LogP contribution >= 0.6 is 7.92 Å². The Morgan fingerprint density at radius 2 is 1.10 bits per heavy atom. The zero-order valence-electron chi connectivity index (χ0n) is 23.1. The zero-order valence-corrected chi connectivity index (χ0v) is 25.0. The van der Waals surface area contributed by atoms with Crippen LogP contribution in [0.25, 0.3) is 16.7 Å². The topological polar surface area (TPSA) is 9.23 Å². The second-order valence-corrected chi connectivity index (χ2v) is 17.9. The molecular formula is C36H35OPSi. The number of rotatable bonds is 8. The van der Waals surface area contributed by atoms with Gasteiger partial charge < -0.3 is 4.74 Å². The summed E-state index contributed by atoms with van der Waals surface area (Å²) >= 11 is 0. The van der Waals surface area contributed by atoms with Crippen molar-refractivity contribution in [3.05, 3.63) is 150 Å². The quantitative estimate of drug-likeness (QED) is 0.141. The minimum absolute atomic E-state index is 0.737. The van der Waals surface area contributed by atoms with Crippen LogP contribution in [0.3, 0.4) is 0 Å². The van der Waals surface area contributed by atoms with Gasteiger partial charge in [0.15, 0.2) is 0 Å². The van der Waals surface area contributed by atoms with Crippen molar-refractivity contribution in [1.82, 2.24) is 0 Å². The molecule has 0 aliphatic rings. The second-order valence-electron chi connectivity index (χ2n) is 10.7. The summed E-state index contributed by atoms with van der Waals surface area (Å²) in [5.74, 6) is 0.876. The van der Waals surface area contributed by atoms with E-state index >= 15 is 0 Å². The Morgan fingerprint density at radius 3 is 1.67 bits per heavy atom. The van der Waals surface area contributed by atoms with Gasteiger partial charge in [0.25, 0.3) is 0 Å². The van der Waals surface area contributed by atoms with Gasteiger partial charge in [-0.1, -0.05) is 147 Å². The van der Waals surface area contributed by atoms with Crippen molar-refractivity contribution in [3.8, 4) is 16.9 Å². The first-order valence-electron chi connectivity index (χ1n) is 13.4. The molecule has 0 unspecified atom stereocenters. The smallest absolute Gasteiger partial charge is 0.118 e. The monoisotopic (exact) mass is 542 g/mol. The highest BCUT2D eigenvalue weighted by atomic mass is 31.1. The first kappa shape index (κ1) is 26.9. The van der Waals surface area contributed by atoms with Crippen LogP contribution in [0, 0.1) is 0 Å². The van der Waals surface area contributed by atoms with E-state index in [1.165, 1.54) is 43.7 Å². The lowest BCUT2D eigenvalue weighted by Crippen LogP contribution is -2.22. The van der Waals surface area contributed by atoms with E-state index in [4.69, 9.17) is 4.74 Å². The summed E-state index contributed by atoms with van der Waals surface area (Å²) in [4.78, 5) is 0. The Morgan fingerprint density at radius 1 is 0.590 bits per heavy atom. The van der Waals surface area contributed by atoms with E-state index in [0.29, 0.717) is 0 Å². The van der Waals surface area contributed by atoms with E-state index in [1.54, 1.807) is 7.11 Å². The second kappa shape index (κ2) is 12.0. The normalized spacial score (nSPS) is 12.0. The summed E-state index contributed by atoms with van der Waals surface area (Å²) in [6.07, 6.45) is 0. The third-order valence-corrected chi connectivity index (χ3v) is 10.3. The standard InChI is InChI=1S/C36H35OPSi/c1-37-29-25-23-28(24-26-29)35(27-39(2,3)4)33-20-12-11-19-32(33)34-21-13-14-22-36(34)38(30-15-7-5-8-16-30)31-17-9-6-10-18-31/h5-27H,1-4H3/b35-27+. The summed E-state index contributed by atoms with van der Waals surface area (Å²) in [5, 5.41) is 4.09. The Kier molecular flexibility index (Phi) is 8.26. The summed E-state index contributed by atoms with van der Waals surface area (Å²) < 4.78 is 5.47. The summed E-state index contributed by atoms with van der Waals surface area (Å²) in [5.41, 5.74) is 8.89. The fourth-order valence-corrected chi connectivity index (χ4v) is 8.61. The molecule has 0 N–H and O–H groups in total. The minimum Gasteiger partial charge on any atom is -0.497 e. The van der Waals surface area contributed by atoms with E-state index in [-0.39, 0.29) is 0 Å². The van der Waals surface area contributed by atoms with E-state index in [0.717, 1.165) is 5.75 Å². The molecule has 0 aliphatic carbocycles. The summed E-state index contributed by atoms with van der Waals surface area (Å²) in [6.45, 7) is 7.20. The van der Waals surface area contributed by atoms with Crippen LogP contribution < -0.4 is 20.7 Å². The van der Waals surface area contributed by atoms with Gasteiger partial charge in [-0.2, -0.15) is 0 Å². The first-order valence-corrected chi connectivity index (χ1v) is 18.3. The predicted octanol–water partition coefficient (Wildman–Crippen LogP) is 8.43. The lowest BCUT2D eigenvalue weighted by Gasteiger charge is -2.24. The average Bonchev–Trinajstić information content (AvgIpc) is 2.97. The lowest BCUT2D eigenvalue weighted by molar-refractivity contribution is 0.415. The molecule has 194 valence electrons. The zero-order chi connectivity index (χ0) is 27.2. The number of ether oxygens (including phenoxy) is 1. The molecule has 39 heavy (non-hydrogen) atoms. The molecule has 0 atom stereocenters. The number of hydrogen-bond donors (Lipinski definition) is 0. The van der Waals surface area contributed by atoms with Crippen molar-refractivity contribution in [2.75, 3.05) is 7.11 Å². The minimum atomic E-state index is -1.56.